The molecule has 0 aliphatic heterocycles. The minimum absolute atomic E-state index is 0.827. The van der Waals surface area contributed by atoms with E-state index in [-0.39, 0.29) is 0 Å². The zero-order valence-corrected chi connectivity index (χ0v) is 10.3. The number of nitrogens with one attached hydrogen (secondary N) is 1. The molecule has 15 heavy (non-hydrogen) atoms. The van der Waals surface area contributed by atoms with Crippen LogP contribution in [-0.2, 0) is 0 Å². The predicted molar refractivity (Wildman–Crippen MR) is 66.0 cm³/mol. The van der Waals surface area contributed by atoms with Crippen molar-refractivity contribution in [2.75, 3.05) is 7.05 Å². The smallest absolute Gasteiger partial charge is 0.00949 e. The topological polar surface area (TPSA) is 12.0 Å². The summed E-state index contributed by atoms with van der Waals surface area (Å²) in [6.07, 6.45) is 14.9. The van der Waals surface area contributed by atoms with Crippen LogP contribution in [0.25, 0.3) is 0 Å². The second kappa shape index (κ2) is 5.89. The van der Waals surface area contributed by atoms with Crippen molar-refractivity contribution in [3.8, 4) is 0 Å². The van der Waals surface area contributed by atoms with E-state index in [0.29, 0.717) is 0 Å². The Morgan fingerprint density at radius 3 is 2.07 bits per heavy atom. The van der Waals surface area contributed by atoms with Gasteiger partial charge in [0.1, 0.15) is 0 Å². The van der Waals surface area contributed by atoms with E-state index in [1.165, 1.54) is 64.2 Å². The van der Waals surface area contributed by atoms with Gasteiger partial charge in [-0.1, -0.05) is 44.9 Å². The molecule has 2 aliphatic carbocycles. The van der Waals surface area contributed by atoms with Crippen molar-refractivity contribution in [3.05, 3.63) is 0 Å². The van der Waals surface area contributed by atoms with E-state index < -0.39 is 0 Å². The SMILES string of the molecule is CNC(CC1CCC1)C1CCCCCC1. The Morgan fingerprint density at radius 2 is 1.60 bits per heavy atom. The molecule has 1 nitrogen and oxygen atoms in total. The maximum Gasteiger partial charge on any atom is 0.00949 e. The first-order valence-electron chi connectivity index (χ1n) is 7.07. The molecule has 0 aromatic heterocycles. The molecule has 1 N–H and O–H groups in total. The third kappa shape index (κ3) is 3.21. The lowest BCUT2D eigenvalue weighted by Gasteiger charge is -2.33. The van der Waals surface area contributed by atoms with Gasteiger partial charge in [0.05, 0.1) is 0 Å². The van der Waals surface area contributed by atoms with E-state index in [4.69, 9.17) is 0 Å². The summed E-state index contributed by atoms with van der Waals surface area (Å²) in [4.78, 5) is 0. The lowest BCUT2D eigenvalue weighted by atomic mass is 9.77. The summed E-state index contributed by atoms with van der Waals surface area (Å²) in [7, 11) is 2.17. The molecule has 1 unspecified atom stereocenters. The van der Waals surface area contributed by atoms with Crippen molar-refractivity contribution in [2.45, 2.75) is 70.3 Å². The van der Waals surface area contributed by atoms with E-state index in [2.05, 4.69) is 12.4 Å². The molecule has 1 atom stereocenters. The molecule has 0 radical (unpaired) electrons. The second-order valence-corrected chi connectivity index (χ2v) is 5.68. The van der Waals surface area contributed by atoms with Crippen LogP contribution >= 0.6 is 0 Å². The Labute approximate surface area is 95.0 Å². The molecule has 0 bridgehead atoms. The van der Waals surface area contributed by atoms with Crippen molar-refractivity contribution in [1.29, 1.82) is 0 Å². The Hall–Kier alpha value is -0.0400. The lowest BCUT2D eigenvalue weighted by Crippen LogP contribution is -2.36. The first-order chi connectivity index (χ1) is 7.40. The van der Waals surface area contributed by atoms with Gasteiger partial charge in [0.15, 0.2) is 0 Å². The van der Waals surface area contributed by atoms with Gasteiger partial charge in [-0.2, -0.15) is 0 Å². The maximum absolute atomic E-state index is 3.60. The van der Waals surface area contributed by atoms with Gasteiger partial charge in [0.25, 0.3) is 0 Å². The normalized spacial score (nSPS) is 27.0. The van der Waals surface area contributed by atoms with E-state index in [1.54, 1.807) is 0 Å². The van der Waals surface area contributed by atoms with Crippen LogP contribution in [0, 0.1) is 11.8 Å². The van der Waals surface area contributed by atoms with Crippen molar-refractivity contribution in [2.24, 2.45) is 11.8 Å². The van der Waals surface area contributed by atoms with Gasteiger partial charge in [-0.15, -0.1) is 0 Å². The monoisotopic (exact) mass is 209 g/mol. The van der Waals surface area contributed by atoms with E-state index in [9.17, 15) is 0 Å². The highest BCUT2D eigenvalue weighted by Crippen LogP contribution is 2.34. The number of rotatable bonds is 4. The highest BCUT2D eigenvalue weighted by Gasteiger charge is 2.26. The van der Waals surface area contributed by atoms with Gasteiger partial charge in [0.2, 0.25) is 0 Å². The molecule has 2 fully saturated rings. The largest absolute Gasteiger partial charge is 0.317 e. The minimum Gasteiger partial charge on any atom is -0.317 e. The van der Waals surface area contributed by atoms with Gasteiger partial charge >= 0.3 is 0 Å². The molecule has 0 heterocycles. The van der Waals surface area contributed by atoms with Gasteiger partial charge in [0, 0.05) is 6.04 Å². The predicted octanol–water partition coefficient (Wildman–Crippen LogP) is 3.74. The molecule has 1 heteroatoms. The van der Waals surface area contributed by atoms with Gasteiger partial charge in [-0.3, -0.25) is 0 Å². The van der Waals surface area contributed by atoms with E-state index >= 15 is 0 Å². The average molecular weight is 209 g/mol. The summed E-state index contributed by atoms with van der Waals surface area (Å²) in [5.74, 6) is 2.05. The van der Waals surface area contributed by atoms with Crippen molar-refractivity contribution in [1.82, 2.24) is 5.32 Å². The molecule has 2 saturated carbocycles. The van der Waals surface area contributed by atoms with Crippen LogP contribution in [0.3, 0.4) is 0 Å². The van der Waals surface area contributed by atoms with E-state index in [1.807, 2.05) is 0 Å². The number of hydrogen-bond donors (Lipinski definition) is 1. The maximum atomic E-state index is 3.60. The first kappa shape index (κ1) is 11.4. The fraction of sp³-hybridized carbons (Fsp3) is 1.00. The van der Waals surface area contributed by atoms with Crippen LogP contribution in [0.5, 0.6) is 0 Å². The van der Waals surface area contributed by atoms with Gasteiger partial charge < -0.3 is 5.32 Å². The van der Waals surface area contributed by atoms with Crippen LogP contribution < -0.4 is 5.32 Å². The van der Waals surface area contributed by atoms with Crippen LogP contribution in [0.2, 0.25) is 0 Å². The summed E-state index contributed by atoms with van der Waals surface area (Å²) in [6.45, 7) is 0. The van der Waals surface area contributed by atoms with E-state index in [0.717, 1.165) is 17.9 Å². The standard InChI is InChI=1S/C14H27N/c1-15-14(11-12-7-6-8-12)13-9-4-2-3-5-10-13/h12-15H,2-11H2,1H3. The third-order valence-corrected chi connectivity index (χ3v) is 4.65. The summed E-state index contributed by atoms with van der Waals surface area (Å²) in [5.41, 5.74) is 0. The fourth-order valence-corrected chi connectivity index (χ4v) is 3.35. The van der Waals surface area contributed by atoms with Crippen LogP contribution in [0.15, 0.2) is 0 Å². The van der Waals surface area contributed by atoms with Crippen molar-refractivity contribution >= 4 is 0 Å². The highest BCUT2D eigenvalue weighted by atomic mass is 14.9. The molecule has 0 aromatic rings. The lowest BCUT2D eigenvalue weighted by molar-refractivity contribution is 0.217. The summed E-state index contributed by atoms with van der Waals surface area (Å²) in [6, 6.07) is 0.827. The zero-order chi connectivity index (χ0) is 10.5. The van der Waals surface area contributed by atoms with Crippen molar-refractivity contribution in [3.63, 3.8) is 0 Å². The van der Waals surface area contributed by atoms with Crippen molar-refractivity contribution < 1.29 is 0 Å². The molecule has 0 amide bonds. The van der Waals surface area contributed by atoms with Gasteiger partial charge in [-0.25, -0.2) is 0 Å². The number of hydrogen-bond acceptors (Lipinski definition) is 1. The highest BCUT2D eigenvalue weighted by molar-refractivity contribution is 4.82. The van der Waals surface area contributed by atoms with Crippen LogP contribution in [0.1, 0.15) is 64.2 Å². The first-order valence-corrected chi connectivity index (χ1v) is 7.07. The molecule has 88 valence electrons. The van der Waals surface area contributed by atoms with Crippen LogP contribution in [0.4, 0.5) is 0 Å². The molecule has 2 rings (SSSR count). The third-order valence-electron chi connectivity index (χ3n) is 4.65. The fourth-order valence-electron chi connectivity index (χ4n) is 3.35. The zero-order valence-electron chi connectivity index (χ0n) is 10.3. The average Bonchev–Trinajstić information content (AvgIpc) is 2.45. The van der Waals surface area contributed by atoms with Crippen LogP contribution in [-0.4, -0.2) is 13.1 Å². The molecule has 0 aromatic carbocycles. The Balaban J connectivity index is 1.79. The molecular formula is C14H27N. The Bertz CT molecular complexity index is 166. The molecular weight excluding hydrogens is 182 g/mol. The molecule has 2 aliphatic rings. The molecule has 0 spiro atoms. The Morgan fingerprint density at radius 1 is 0.933 bits per heavy atom. The summed E-state index contributed by atoms with van der Waals surface area (Å²) < 4.78 is 0. The molecule has 0 saturated heterocycles. The Kier molecular flexibility index (Phi) is 4.49. The van der Waals surface area contributed by atoms with Gasteiger partial charge in [-0.05, 0) is 38.1 Å². The second-order valence-electron chi connectivity index (χ2n) is 5.68. The quantitative estimate of drug-likeness (QED) is 0.696. The minimum atomic E-state index is 0.827. The summed E-state index contributed by atoms with van der Waals surface area (Å²) in [5, 5.41) is 3.60. The summed E-state index contributed by atoms with van der Waals surface area (Å²) >= 11 is 0.